The van der Waals surface area contributed by atoms with E-state index in [0.717, 1.165) is 16.7 Å². The number of ether oxygens (including phenoxy) is 2. The van der Waals surface area contributed by atoms with Crippen LogP contribution in [-0.4, -0.2) is 18.7 Å². The molecule has 3 rings (SSSR count). The van der Waals surface area contributed by atoms with Gasteiger partial charge in [-0.15, -0.1) is 0 Å². The summed E-state index contributed by atoms with van der Waals surface area (Å²) in [6, 6.07) is 16.1. The number of aryl methyl sites for hydroxylation is 1. The minimum absolute atomic E-state index is 0.245. The molecule has 0 saturated heterocycles. The van der Waals surface area contributed by atoms with Crippen LogP contribution in [0, 0.1) is 6.92 Å². The summed E-state index contributed by atoms with van der Waals surface area (Å²) in [5.74, 6) is 0.794. The standard InChI is InChI=1S/C24H21BrCl2N2O3/c1-3-31-22-11-16(13-28-29-24(30)17-6-4-15(2)5-7-17)10-20(25)23(22)32-14-18-8-9-19(26)12-21(18)27/h4-13H,3,14H2,1-2H3,(H,29,30)/b28-13-. The van der Waals surface area contributed by atoms with Crippen molar-refractivity contribution in [2.45, 2.75) is 20.5 Å². The third-order valence-electron chi connectivity index (χ3n) is 4.41. The van der Waals surface area contributed by atoms with Crippen LogP contribution < -0.4 is 14.9 Å². The Hall–Kier alpha value is -2.54. The fourth-order valence-corrected chi connectivity index (χ4v) is 3.83. The number of halogens is 3. The van der Waals surface area contributed by atoms with E-state index in [-0.39, 0.29) is 12.5 Å². The first-order chi connectivity index (χ1) is 15.4. The van der Waals surface area contributed by atoms with Gasteiger partial charge in [0.2, 0.25) is 0 Å². The highest BCUT2D eigenvalue weighted by molar-refractivity contribution is 9.10. The lowest BCUT2D eigenvalue weighted by Gasteiger charge is -2.15. The number of hydrogen-bond acceptors (Lipinski definition) is 4. The van der Waals surface area contributed by atoms with E-state index in [4.69, 9.17) is 32.7 Å². The predicted molar refractivity (Wildman–Crippen MR) is 132 cm³/mol. The largest absolute Gasteiger partial charge is 0.490 e. The van der Waals surface area contributed by atoms with E-state index in [1.807, 2.05) is 38.1 Å². The maximum atomic E-state index is 12.2. The summed E-state index contributed by atoms with van der Waals surface area (Å²) in [6.45, 7) is 4.55. The number of nitrogens with one attached hydrogen (secondary N) is 1. The van der Waals surface area contributed by atoms with Crippen LogP contribution >= 0.6 is 39.1 Å². The third kappa shape index (κ3) is 6.48. The summed E-state index contributed by atoms with van der Waals surface area (Å²) < 4.78 is 12.4. The van der Waals surface area contributed by atoms with Crippen molar-refractivity contribution in [1.82, 2.24) is 5.43 Å². The summed E-state index contributed by atoms with van der Waals surface area (Å²) in [5.41, 5.74) is 5.67. The van der Waals surface area contributed by atoms with Crippen LogP contribution in [-0.2, 0) is 6.61 Å². The zero-order valence-electron chi connectivity index (χ0n) is 17.5. The van der Waals surface area contributed by atoms with Gasteiger partial charge in [-0.05, 0) is 71.7 Å². The number of nitrogens with zero attached hydrogens (tertiary/aromatic N) is 1. The minimum atomic E-state index is -0.287. The first-order valence-electron chi connectivity index (χ1n) is 9.80. The molecule has 0 saturated carbocycles. The number of rotatable bonds is 8. The lowest BCUT2D eigenvalue weighted by Crippen LogP contribution is -2.17. The van der Waals surface area contributed by atoms with Crippen molar-refractivity contribution in [1.29, 1.82) is 0 Å². The molecule has 0 aliphatic carbocycles. The van der Waals surface area contributed by atoms with Gasteiger partial charge in [0.25, 0.3) is 5.91 Å². The lowest BCUT2D eigenvalue weighted by molar-refractivity contribution is 0.0955. The van der Waals surface area contributed by atoms with Crippen LogP contribution in [0.2, 0.25) is 10.0 Å². The molecule has 166 valence electrons. The maximum absolute atomic E-state index is 12.2. The second-order valence-electron chi connectivity index (χ2n) is 6.85. The molecule has 0 atom stereocenters. The molecule has 0 spiro atoms. The van der Waals surface area contributed by atoms with Gasteiger partial charge in [0.15, 0.2) is 11.5 Å². The predicted octanol–water partition coefficient (Wildman–Crippen LogP) is 6.81. The first kappa shape index (κ1) is 24.1. The van der Waals surface area contributed by atoms with Gasteiger partial charge in [-0.2, -0.15) is 5.10 Å². The number of hydrogen-bond donors (Lipinski definition) is 1. The average molecular weight is 536 g/mol. The molecule has 3 aromatic carbocycles. The molecule has 32 heavy (non-hydrogen) atoms. The summed E-state index contributed by atoms with van der Waals surface area (Å²) in [6.07, 6.45) is 1.54. The molecule has 3 aromatic rings. The number of carbonyl (C=O) groups is 1. The van der Waals surface area contributed by atoms with Crippen molar-refractivity contribution >= 4 is 51.3 Å². The fraction of sp³-hybridized carbons (Fsp3) is 0.167. The zero-order chi connectivity index (χ0) is 23.1. The van der Waals surface area contributed by atoms with Gasteiger partial charge in [-0.3, -0.25) is 4.79 Å². The number of amides is 1. The Balaban J connectivity index is 1.73. The number of hydrazone groups is 1. The topological polar surface area (TPSA) is 59.9 Å². The summed E-state index contributed by atoms with van der Waals surface area (Å²) in [7, 11) is 0. The Morgan fingerprint density at radius 1 is 1.09 bits per heavy atom. The normalized spacial score (nSPS) is 10.9. The monoisotopic (exact) mass is 534 g/mol. The Bertz CT molecular complexity index is 1130. The Kier molecular flexibility index (Phi) is 8.56. The van der Waals surface area contributed by atoms with E-state index < -0.39 is 0 Å². The first-order valence-corrected chi connectivity index (χ1v) is 11.4. The second kappa shape index (κ2) is 11.4. The smallest absolute Gasteiger partial charge is 0.271 e. The lowest BCUT2D eigenvalue weighted by atomic mass is 10.1. The average Bonchev–Trinajstić information content (AvgIpc) is 2.75. The van der Waals surface area contributed by atoms with E-state index >= 15 is 0 Å². The van der Waals surface area contributed by atoms with E-state index in [9.17, 15) is 4.79 Å². The van der Waals surface area contributed by atoms with Crippen molar-refractivity contribution in [3.05, 3.63) is 91.4 Å². The van der Waals surface area contributed by atoms with Crippen molar-refractivity contribution in [2.24, 2.45) is 5.10 Å². The van der Waals surface area contributed by atoms with Crippen LogP contribution in [0.5, 0.6) is 11.5 Å². The molecule has 0 fully saturated rings. The number of carbonyl (C=O) groups excluding carboxylic acids is 1. The highest BCUT2D eigenvalue weighted by Gasteiger charge is 2.13. The van der Waals surface area contributed by atoms with Crippen LogP contribution in [0.1, 0.15) is 34.0 Å². The summed E-state index contributed by atoms with van der Waals surface area (Å²) >= 11 is 15.7. The van der Waals surface area contributed by atoms with E-state index in [0.29, 0.717) is 38.2 Å². The van der Waals surface area contributed by atoms with E-state index in [1.54, 1.807) is 36.5 Å². The molecule has 1 N–H and O–H groups in total. The number of benzene rings is 3. The van der Waals surface area contributed by atoms with E-state index in [2.05, 4.69) is 26.5 Å². The maximum Gasteiger partial charge on any atom is 0.271 e. The molecule has 0 unspecified atom stereocenters. The molecular weight excluding hydrogens is 515 g/mol. The fourth-order valence-electron chi connectivity index (χ4n) is 2.79. The molecule has 8 heteroatoms. The van der Waals surface area contributed by atoms with Crippen molar-refractivity contribution in [3.8, 4) is 11.5 Å². The highest BCUT2D eigenvalue weighted by Crippen LogP contribution is 2.37. The molecule has 0 heterocycles. The van der Waals surface area contributed by atoms with Crippen molar-refractivity contribution in [2.75, 3.05) is 6.61 Å². The molecule has 0 aromatic heterocycles. The van der Waals surface area contributed by atoms with Gasteiger partial charge in [-0.25, -0.2) is 5.43 Å². The Morgan fingerprint density at radius 3 is 2.53 bits per heavy atom. The highest BCUT2D eigenvalue weighted by atomic mass is 79.9. The molecular formula is C24H21BrCl2N2O3. The quantitative estimate of drug-likeness (QED) is 0.254. The van der Waals surface area contributed by atoms with Gasteiger partial charge in [0, 0.05) is 21.2 Å². The van der Waals surface area contributed by atoms with Gasteiger partial charge in [0.05, 0.1) is 17.3 Å². The third-order valence-corrected chi connectivity index (χ3v) is 5.59. The van der Waals surface area contributed by atoms with Crippen LogP contribution in [0.3, 0.4) is 0 Å². The SMILES string of the molecule is CCOc1cc(/C=N\NC(=O)c2ccc(C)cc2)cc(Br)c1OCc1ccc(Cl)cc1Cl. The van der Waals surface area contributed by atoms with Crippen LogP contribution in [0.25, 0.3) is 0 Å². The zero-order valence-corrected chi connectivity index (χ0v) is 20.6. The Morgan fingerprint density at radius 2 is 1.84 bits per heavy atom. The minimum Gasteiger partial charge on any atom is -0.490 e. The Labute approximate surface area is 205 Å². The molecule has 5 nitrogen and oxygen atoms in total. The molecule has 0 bridgehead atoms. The summed E-state index contributed by atoms with van der Waals surface area (Å²) in [5, 5.41) is 5.14. The summed E-state index contributed by atoms with van der Waals surface area (Å²) in [4.78, 5) is 12.2. The van der Waals surface area contributed by atoms with Gasteiger partial charge in [0.1, 0.15) is 6.61 Å². The van der Waals surface area contributed by atoms with Crippen LogP contribution in [0.15, 0.2) is 64.2 Å². The van der Waals surface area contributed by atoms with Gasteiger partial charge >= 0.3 is 0 Å². The second-order valence-corrected chi connectivity index (χ2v) is 8.55. The van der Waals surface area contributed by atoms with Gasteiger partial charge < -0.3 is 9.47 Å². The molecule has 0 aliphatic rings. The van der Waals surface area contributed by atoms with Crippen molar-refractivity contribution in [3.63, 3.8) is 0 Å². The van der Waals surface area contributed by atoms with Gasteiger partial charge in [-0.1, -0.05) is 47.0 Å². The van der Waals surface area contributed by atoms with E-state index in [1.165, 1.54) is 0 Å². The molecule has 0 aliphatic heterocycles. The molecule has 1 amide bonds. The van der Waals surface area contributed by atoms with Crippen LogP contribution in [0.4, 0.5) is 0 Å². The molecule has 0 radical (unpaired) electrons. The van der Waals surface area contributed by atoms with Crippen molar-refractivity contribution < 1.29 is 14.3 Å².